The molecule has 0 fully saturated rings. The van der Waals surface area contributed by atoms with E-state index < -0.39 is 10.0 Å². The second-order valence-electron chi connectivity index (χ2n) is 3.76. The minimum absolute atomic E-state index is 0.0131. The summed E-state index contributed by atoms with van der Waals surface area (Å²) in [5.41, 5.74) is 0. The van der Waals surface area contributed by atoms with E-state index >= 15 is 0 Å². The monoisotopic (exact) mass is 281 g/mol. The Morgan fingerprint density at radius 1 is 1.56 bits per heavy atom. The highest BCUT2D eigenvalue weighted by atomic mass is 35.5. The standard InChI is InChI=1S/C10H16ClNO2S2/c1-9(7-11)8-16(13,14)12-5-4-10-3-2-6-15-10/h2-3,6,9,12H,4-5,7-8H2,1H3. The predicted molar refractivity (Wildman–Crippen MR) is 69.7 cm³/mol. The summed E-state index contributed by atoms with van der Waals surface area (Å²) < 4.78 is 25.7. The van der Waals surface area contributed by atoms with Gasteiger partial charge in [0.1, 0.15) is 0 Å². The van der Waals surface area contributed by atoms with Crippen molar-refractivity contribution in [1.82, 2.24) is 4.72 Å². The molecule has 1 N–H and O–H groups in total. The van der Waals surface area contributed by atoms with Gasteiger partial charge in [0.25, 0.3) is 0 Å². The molecule has 1 rings (SSSR count). The van der Waals surface area contributed by atoms with Gasteiger partial charge in [-0.2, -0.15) is 0 Å². The van der Waals surface area contributed by atoms with Gasteiger partial charge in [-0.15, -0.1) is 22.9 Å². The lowest BCUT2D eigenvalue weighted by atomic mass is 10.3. The third-order valence-corrected chi connectivity index (χ3v) is 5.16. The number of hydrogen-bond acceptors (Lipinski definition) is 3. The zero-order chi connectivity index (χ0) is 12.0. The van der Waals surface area contributed by atoms with Gasteiger partial charge in [-0.25, -0.2) is 13.1 Å². The van der Waals surface area contributed by atoms with Crippen LogP contribution in [-0.2, 0) is 16.4 Å². The Morgan fingerprint density at radius 3 is 2.88 bits per heavy atom. The Hall–Kier alpha value is -0.100. The predicted octanol–water partition coefficient (Wildman–Crippen LogP) is 2.08. The second-order valence-corrected chi connectivity index (χ2v) is 6.96. The van der Waals surface area contributed by atoms with Gasteiger partial charge >= 0.3 is 0 Å². The van der Waals surface area contributed by atoms with Crippen LogP contribution in [0.15, 0.2) is 17.5 Å². The van der Waals surface area contributed by atoms with E-state index in [-0.39, 0.29) is 11.7 Å². The summed E-state index contributed by atoms with van der Waals surface area (Å²) in [6.45, 7) is 2.28. The largest absolute Gasteiger partial charge is 0.215 e. The fourth-order valence-corrected chi connectivity index (χ4v) is 3.61. The van der Waals surface area contributed by atoms with Gasteiger partial charge in [-0.3, -0.25) is 0 Å². The van der Waals surface area contributed by atoms with Gasteiger partial charge in [-0.1, -0.05) is 13.0 Å². The average Bonchev–Trinajstić information content (AvgIpc) is 2.69. The van der Waals surface area contributed by atoms with Crippen molar-refractivity contribution in [1.29, 1.82) is 0 Å². The molecule has 1 aromatic rings. The van der Waals surface area contributed by atoms with Gasteiger partial charge in [0, 0.05) is 17.3 Å². The van der Waals surface area contributed by atoms with Gasteiger partial charge in [0.05, 0.1) is 5.75 Å². The molecular weight excluding hydrogens is 266 g/mol. The summed E-state index contributed by atoms with van der Waals surface area (Å²) in [7, 11) is -3.18. The molecule has 1 atom stereocenters. The molecule has 0 saturated carbocycles. The van der Waals surface area contributed by atoms with Crippen molar-refractivity contribution in [2.24, 2.45) is 5.92 Å². The minimum atomic E-state index is -3.18. The zero-order valence-corrected chi connectivity index (χ0v) is 11.5. The van der Waals surface area contributed by atoms with E-state index in [0.717, 1.165) is 6.42 Å². The molecule has 1 unspecified atom stereocenters. The number of nitrogens with one attached hydrogen (secondary N) is 1. The molecule has 16 heavy (non-hydrogen) atoms. The van der Waals surface area contributed by atoms with Crippen molar-refractivity contribution >= 4 is 33.0 Å². The summed E-state index contributed by atoms with van der Waals surface area (Å²) in [5, 5.41) is 1.99. The molecule has 0 bridgehead atoms. The normalized spacial score (nSPS) is 13.9. The van der Waals surface area contributed by atoms with Gasteiger partial charge in [-0.05, 0) is 23.8 Å². The van der Waals surface area contributed by atoms with Crippen LogP contribution in [0.25, 0.3) is 0 Å². The summed E-state index contributed by atoms with van der Waals surface area (Å²) in [6.07, 6.45) is 0.742. The second kappa shape index (κ2) is 6.59. The van der Waals surface area contributed by atoms with E-state index in [1.54, 1.807) is 11.3 Å². The molecule has 0 aliphatic heterocycles. The summed E-state index contributed by atoms with van der Waals surface area (Å²) in [6, 6.07) is 3.96. The fourth-order valence-electron chi connectivity index (χ4n) is 1.26. The first-order valence-corrected chi connectivity index (χ1v) is 8.16. The minimum Gasteiger partial charge on any atom is -0.215 e. The fraction of sp³-hybridized carbons (Fsp3) is 0.600. The highest BCUT2D eigenvalue weighted by Crippen LogP contribution is 2.08. The van der Waals surface area contributed by atoms with Crippen molar-refractivity contribution in [2.45, 2.75) is 13.3 Å². The molecule has 0 spiro atoms. The molecule has 0 saturated heterocycles. The molecular formula is C10H16ClNO2S2. The Labute approximate surface area is 106 Å². The van der Waals surface area contributed by atoms with Crippen LogP contribution in [0.1, 0.15) is 11.8 Å². The van der Waals surface area contributed by atoms with Crippen molar-refractivity contribution in [3.63, 3.8) is 0 Å². The molecule has 1 aromatic heterocycles. The Morgan fingerprint density at radius 2 is 2.31 bits per heavy atom. The number of sulfonamides is 1. The van der Waals surface area contributed by atoms with Crippen molar-refractivity contribution < 1.29 is 8.42 Å². The third-order valence-electron chi connectivity index (χ3n) is 2.04. The first-order valence-electron chi connectivity index (χ1n) is 5.09. The third kappa shape index (κ3) is 5.30. The lowest BCUT2D eigenvalue weighted by Gasteiger charge is -2.09. The van der Waals surface area contributed by atoms with E-state index in [4.69, 9.17) is 11.6 Å². The molecule has 3 nitrogen and oxygen atoms in total. The van der Waals surface area contributed by atoms with Crippen molar-refractivity contribution in [3.05, 3.63) is 22.4 Å². The van der Waals surface area contributed by atoms with E-state index in [1.165, 1.54) is 4.88 Å². The molecule has 0 amide bonds. The first kappa shape index (κ1) is 14.0. The number of halogens is 1. The van der Waals surface area contributed by atoms with E-state index in [9.17, 15) is 8.42 Å². The number of thiophene rings is 1. The average molecular weight is 282 g/mol. The molecule has 1 heterocycles. The summed E-state index contributed by atoms with van der Waals surface area (Å²) in [5.74, 6) is 0.452. The van der Waals surface area contributed by atoms with Crippen molar-refractivity contribution in [3.8, 4) is 0 Å². The smallest absolute Gasteiger partial charge is 0.211 e. The molecule has 0 aliphatic carbocycles. The Bertz CT molecular complexity index is 389. The quantitative estimate of drug-likeness (QED) is 0.778. The van der Waals surface area contributed by atoms with Gasteiger partial charge in [0.2, 0.25) is 10.0 Å². The molecule has 0 aromatic carbocycles. The lowest BCUT2D eigenvalue weighted by molar-refractivity contribution is 0.569. The number of hydrogen-bond donors (Lipinski definition) is 1. The summed E-state index contributed by atoms with van der Waals surface area (Å²) in [4.78, 5) is 1.19. The topological polar surface area (TPSA) is 46.2 Å². The number of alkyl halides is 1. The molecule has 0 radical (unpaired) electrons. The SMILES string of the molecule is CC(CCl)CS(=O)(=O)NCCc1cccs1. The maximum atomic E-state index is 11.6. The van der Waals surface area contributed by atoms with Gasteiger partial charge in [0.15, 0.2) is 0 Å². The first-order chi connectivity index (χ1) is 7.53. The summed E-state index contributed by atoms with van der Waals surface area (Å²) >= 11 is 7.22. The maximum Gasteiger partial charge on any atom is 0.211 e. The number of rotatable bonds is 7. The van der Waals surface area contributed by atoms with Crippen LogP contribution in [-0.4, -0.2) is 26.6 Å². The van der Waals surface area contributed by atoms with Crippen LogP contribution in [0.2, 0.25) is 0 Å². The maximum absolute atomic E-state index is 11.6. The Balaban J connectivity index is 2.31. The van der Waals surface area contributed by atoms with Crippen LogP contribution in [0.5, 0.6) is 0 Å². The van der Waals surface area contributed by atoms with E-state index in [1.807, 2.05) is 24.4 Å². The highest BCUT2D eigenvalue weighted by Gasteiger charge is 2.14. The van der Waals surface area contributed by atoms with Crippen LogP contribution >= 0.6 is 22.9 Å². The van der Waals surface area contributed by atoms with E-state index in [0.29, 0.717) is 12.4 Å². The van der Waals surface area contributed by atoms with E-state index in [2.05, 4.69) is 4.72 Å². The lowest BCUT2D eigenvalue weighted by Crippen LogP contribution is -2.31. The van der Waals surface area contributed by atoms with Crippen LogP contribution < -0.4 is 4.72 Å². The van der Waals surface area contributed by atoms with Crippen LogP contribution in [0.4, 0.5) is 0 Å². The molecule has 92 valence electrons. The van der Waals surface area contributed by atoms with Gasteiger partial charge < -0.3 is 0 Å². The van der Waals surface area contributed by atoms with Crippen LogP contribution in [0, 0.1) is 5.92 Å². The molecule has 6 heteroatoms. The molecule has 0 aliphatic rings. The zero-order valence-electron chi connectivity index (χ0n) is 9.15. The van der Waals surface area contributed by atoms with Crippen molar-refractivity contribution in [2.75, 3.05) is 18.2 Å². The Kier molecular flexibility index (Phi) is 5.75. The van der Waals surface area contributed by atoms with Crippen LogP contribution in [0.3, 0.4) is 0 Å². The highest BCUT2D eigenvalue weighted by molar-refractivity contribution is 7.89.